The maximum atomic E-state index is 11.7. The van der Waals surface area contributed by atoms with Crippen LogP contribution in [0.5, 0.6) is 0 Å². The molecule has 108 valence electrons. The Morgan fingerprint density at radius 1 is 1.50 bits per heavy atom. The van der Waals surface area contributed by atoms with Crippen LogP contribution in [0.15, 0.2) is 28.6 Å². The van der Waals surface area contributed by atoms with Gasteiger partial charge in [-0.15, -0.1) is 11.3 Å². The number of nitrogens with two attached hydrogens (primary N) is 1. The van der Waals surface area contributed by atoms with E-state index in [0.29, 0.717) is 5.75 Å². The number of benzene rings is 1. The normalized spacial score (nSPS) is 14.6. The molecule has 0 aliphatic heterocycles. The molecule has 1 atom stereocenters. The van der Waals surface area contributed by atoms with Gasteiger partial charge in [-0.05, 0) is 32.9 Å². The van der Waals surface area contributed by atoms with Crippen LogP contribution in [0.1, 0.15) is 20.8 Å². The largest absolute Gasteiger partial charge is 0.368 e. The summed E-state index contributed by atoms with van der Waals surface area (Å²) in [6.45, 7) is 5.85. The third kappa shape index (κ3) is 3.50. The lowest BCUT2D eigenvalue weighted by molar-refractivity contribution is -0.123. The molecular formula is C14H19N3OS2. The fourth-order valence-corrected chi connectivity index (χ4v) is 4.12. The lowest BCUT2D eigenvalue weighted by Gasteiger charge is -2.29. The molecule has 20 heavy (non-hydrogen) atoms. The summed E-state index contributed by atoms with van der Waals surface area (Å²) in [5.74, 6) is 0.236. The lowest BCUT2D eigenvalue weighted by atomic mass is 10.0. The maximum Gasteiger partial charge on any atom is 0.238 e. The third-order valence-corrected chi connectivity index (χ3v) is 5.40. The van der Waals surface area contributed by atoms with E-state index in [4.69, 9.17) is 5.73 Å². The standard InChI is InChI=1S/C14H19N3OS2/c1-9(2)17-14(3,12(15)18)8-19-13-16-10-6-4-5-7-11(10)20-13/h4-7,9,17H,8H2,1-3H3,(H2,15,18). The van der Waals surface area contributed by atoms with Crippen LogP contribution in [0.3, 0.4) is 0 Å². The second-order valence-electron chi connectivity index (χ2n) is 5.23. The van der Waals surface area contributed by atoms with Crippen molar-refractivity contribution < 1.29 is 4.79 Å². The number of hydrogen-bond acceptors (Lipinski definition) is 5. The van der Waals surface area contributed by atoms with E-state index in [1.807, 2.05) is 39.0 Å². The van der Waals surface area contributed by atoms with E-state index in [1.165, 1.54) is 0 Å². The maximum absolute atomic E-state index is 11.7. The molecule has 4 nitrogen and oxygen atoms in total. The smallest absolute Gasteiger partial charge is 0.238 e. The van der Waals surface area contributed by atoms with Gasteiger partial charge in [0.05, 0.1) is 10.2 Å². The van der Waals surface area contributed by atoms with E-state index in [0.717, 1.165) is 14.6 Å². The minimum absolute atomic E-state index is 0.198. The highest BCUT2D eigenvalue weighted by Crippen LogP contribution is 2.31. The van der Waals surface area contributed by atoms with Crippen molar-refractivity contribution in [2.24, 2.45) is 5.73 Å². The van der Waals surface area contributed by atoms with Crippen molar-refractivity contribution >= 4 is 39.2 Å². The van der Waals surface area contributed by atoms with Crippen molar-refractivity contribution in [1.82, 2.24) is 10.3 Å². The van der Waals surface area contributed by atoms with E-state index < -0.39 is 5.54 Å². The van der Waals surface area contributed by atoms with Gasteiger partial charge in [0.2, 0.25) is 5.91 Å². The Morgan fingerprint density at radius 3 is 2.80 bits per heavy atom. The SMILES string of the molecule is CC(C)NC(C)(CSc1nc2ccccc2s1)C(N)=O. The zero-order valence-electron chi connectivity index (χ0n) is 11.8. The Balaban J connectivity index is 2.10. The summed E-state index contributed by atoms with van der Waals surface area (Å²) in [7, 11) is 0. The quantitative estimate of drug-likeness (QED) is 0.805. The van der Waals surface area contributed by atoms with Crippen LogP contribution >= 0.6 is 23.1 Å². The van der Waals surface area contributed by atoms with Crippen molar-refractivity contribution in [3.8, 4) is 0 Å². The molecule has 1 amide bonds. The highest BCUT2D eigenvalue weighted by atomic mass is 32.2. The van der Waals surface area contributed by atoms with Crippen molar-refractivity contribution in [2.75, 3.05) is 5.75 Å². The Morgan fingerprint density at radius 2 is 2.20 bits per heavy atom. The van der Waals surface area contributed by atoms with Gasteiger partial charge in [-0.3, -0.25) is 4.79 Å². The van der Waals surface area contributed by atoms with Gasteiger partial charge in [-0.2, -0.15) is 0 Å². The lowest BCUT2D eigenvalue weighted by Crippen LogP contribution is -2.57. The predicted molar refractivity (Wildman–Crippen MR) is 86.2 cm³/mol. The van der Waals surface area contributed by atoms with Crippen LogP contribution in [0, 0.1) is 0 Å². The second-order valence-corrected chi connectivity index (χ2v) is 7.48. The predicted octanol–water partition coefficient (Wildman–Crippen LogP) is 2.63. The Labute approximate surface area is 127 Å². The summed E-state index contributed by atoms with van der Waals surface area (Å²) in [5, 5.41) is 3.24. The molecule has 3 N–H and O–H groups in total. The molecule has 2 rings (SSSR count). The van der Waals surface area contributed by atoms with Crippen molar-refractivity contribution in [3.05, 3.63) is 24.3 Å². The number of nitrogens with zero attached hydrogens (tertiary/aromatic N) is 1. The number of nitrogens with one attached hydrogen (secondary N) is 1. The van der Waals surface area contributed by atoms with E-state index in [1.54, 1.807) is 23.1 Å². The number of aromatic nitrogens is 1. The molecular weight excluding hydrogens is 290 g/mol. The fourth-order valence-electron chi connectivity index (χ4n) is 1.94. The number of fused-ring (bicyclic) bond motifs is 1. The molecule has 0 bridgehead atoms. The number of thioether (sulfide) groups is 1. The minimum Gasteiger partial charge on any atom is -0.368 e. The Kier molecular flexibility index (Phi) is 4.67. The fraction of sp³-hybridized carbons (Fsp3) is 0.429. The first-order valence-corrected chi connectivity index (χ1v) is 8.27. The van der Waals surface area contributed by atoms with Crippen LogP contribution in [0.4, 0.5) is 0 Å². The van der Waals surface area contributed by atoms with Gasteiger partial charge in [-0.1, -0.05) is 23.9 Å². The Hall–Kier alpha value is -1.11. The van der Waals surface area contributed by atoms with E-state index >= 15 is 0 Å². The van der Waals surface area contributed by atoms with Crippen LogP contribution < -0.4 is 11.1 Å². The zero-order chi connectivity index (χ0) is 14.8. The summed E-state index contributed by atoms with van der Waals surface area (Å²) >= 11 is 3.21. The van der Waals surface area contributed by atoms with Crippen molar-refractivity contribution in [2.45, 2.75) is 36.7 Å². The molecule has 1 aromatic heterocycles. The highest BCUT2D eigenvalue weighted by Gasteiger charge is 2.31. The first-order chi connectivity index (χ1) is 9.40. The first kappa shape index (κ1) is 15.3. The number of rotatable bonds is 6. The summed E-state index contributed by atoms with van der Waals surface area (Å²) in [6.07, 6.45) is 0. The van der Waals surface area contributed by atoms with E-state index in [9.17, 15) is 4.79 Å². The number of carbonyl (C=O) groups excluding carboxylic acids is 1. The van der Waals surface area contributed by atoms with Crippen LogP contribution in [-0.2, 0) is 4.79 Å². The Bertz CT molecular complexity index is 578. The molecule has 0 fully saturated rings. The monoisotopic (exact) mass is 309 g/mol. The number of carbonyl (C=O) groups is 1. The minimum atomic E-state index is -0.726. The average molecular weight is 309 g/mol. The summed E-state index contributed by atoms with van der Waals surface area (Å²) in [6, 6.07) is 8.22. The molecule has 0 spiro atoms. The molecule has 6 heteroatoms. The zero-order valence-corrected chi connectivity index (χ0v) is 13.5. The summed E-state index contributed by atoms with van der Waals surface area (Å²) in [4.78, 5) is 16.2. The van der Waals surface area contributed by atoms with Gasteiger partial charge in [0, 0.05) is 11.8 Å². The average Bonchev–Trinajstić information content (AvgIpc) is 2.78. The first-order valence-electron chi connectivity index (χ1n) is 6.47. The highest BCUT2D eigenvalue weighted by molar-refractivity contribution is 8.01. The van der Waals surface area contributed by atoms with E-state index in [-0.39, 0.29) is 11.9 Å². The number of thiazole rings is 1. The third-order valence-electron chi connectivity index (χ3n) is 2.91. The van der Waals surface area contributed by atoms with Crippen molar-refractivity contribution in [3.63, 3.8) is 0 Å². The second kappa shape index (κ2) is 6.11. The number of hydrogen-bond donors (Lipinski definition) is 2. The van der Waals surface area contributed by atoms with Gasteiger partial charge in [-0.25, -0.2) is 4.98 Å². The summed E-state index contributed by atoms with van der Waals surface area (Å²) < 4.78 is 2.12. The van der Waals surface area contributed by atoms with Crippen LogP contribution in [0.2, 0.25) is 0 Å². The van der Waals surface area contributed by atoms with Gasteiger partial charge < -0.3 is 11.1 Å². The number of amides is 1. The molecule has 0 aliphatic carbocycles. The number of para-hydroxylation sites is 1. The molecule has 0 saturated carbocycles. The molecule has 1 unspecified atom stereocenters. The molecule has 1 aromatic carbocycles. The molecule has 2 aromatic rings. The van der Waals surface area contributed by atoms with Crippen LogP contribution in [0.25, 0.3) is 10.2 Å². The topological polar surface area (TPSA) is 68.0 Å². The van der Waals surface area contributed by atoms with Gasteiger partial charge >= 0.3 is 0 Å². The molecule has 0 saturated heterocycles. The molecule has 1 heterocycles. The molecule has 0 aliphatic rings. The van der Waals surface area contributed by atoms with Gasteiger partial charge in [0.15, 0.2) is 4.34 Å². The summed E-state index contributed by atoms with van der Waals surface area (Å²) in [5.41, 5.74) is 5.80. The van der Waals surface area contributed by atoms with Crippen LogP contribution in [-0.4, -0.2) is 28.2 Å². The van der Waals surface area contributed by atoms with E-state index in [2.05, 4.69) is 16.4 Å². The van der Waals surface area contributed by atoms with Crippen molar-refractivity contribution in [1.29, 1.82) is 0 Å². The van der Waals surface area contributed by atoms with Gasteiger partial charge in [0.25, 0.3) is 0 Å². The van der Waals surface area contributed by atoms with Gasteiger partial charge in [0.1, 0.15) is 5.54 Å². The number of primary amides is 1. The molecule has 0 radical (unpaired) electrons.